The van der Waals surface area contributed by atoms with Gasteiger partial charge in [-0.25, -0.2) is 8.78 Å². The number of piperazine rings is 1. The molecule has 2 aliphatic heterocycles. The standard InChI is InChI=1S/C16H23F2N3/c1-12(15-3-2-13(17)10-16(15)18)21-7-4-14(11-21)20-8-5-19-6-9-20/h2-3,10,12,14,19H,4-9,11H2,1H3. The quantitative estimate of drug-likeness (QED) is 0.920. The zero-order chi connectivity index (χ0) is 14.8. The monoisotopic (exact) mass is 295 g/mol. The van der Waals surface area contributed by atoms with Gasteiger partial charge in [0.05, 0.1) is 0 Å². The molecular formula is C16H23F2N3. The van der Waals surface area contributed by atoms with Gasteiger partial charge >= 0.3 is 0 Å². The van der Waals surface area contributed by atoms with Crippen LogP contribution in [0, 0.1) is 11.6 Å². The van der Waals surface area contributed by atoms with Crippen molar-refractivity contribution in [3.63, 3.8) is 0 Å². The number of nitrogens with zero attached hydrogens (tertiary/aromatic N) is 2. The van der Waals surface area contributed by atoms with E-state index in [9.17, 15) is 8.78 Å². The highest BCUT2D eigenvalue weighted by molar-refractivity contribution is 5.22. The predicted molar refractivity (Wildman–Crippen MR) is 79.2 cm³/mol. The molecule has 0 aliphatic carbocycles. The van der Waals surface area contributed by atoms with E-state index in [1.807, 2.05) is 6.92 Å². The lowest BCUT2D eigenvalue weighted by Gasteiger charge is -2.33. The number of halogens is 2. The molecule has 2 fully saturated rings. The Morgan fingerprint density at radius 1 is 1.19 bits per heavy atom. The Bertz CT molecular complexity index is 488. The number of nitrogens with one attached hydrogen (secondary N) is 1. The zero-order valence-corrected chi connectivity index (χ0v) is 12.5. The molecule has 5 heteroatoms. The van der Waals surface area contributed by atoms with Gasteiger partial charge in [0.2, 0.25) is 0 Å². The van der Waals surface area contributed by atoms with Crippen LogP contribution >= 0.6 is 0 Å². The van der Waals surface area contributed by atoms with Gasteiger partial charge in [0, 0.05) is 63.0 Å². The number of hydrogen-bond acceptors (Lipinski definition) is 3. The molecule has 1 N–H and O–H groups in total. The molecule has 0 aromatic heterocycles. The van der Waals surface area contributed by atoms with Crippen LogP contribution in [0.4, 0.5) is 8.78 Å². The number of likely N-dealkylation sites (tertiary alicyclic amines) is 1. The molecule has 21 heavy (non-hydrogen) atoms. The summed E-state index contributed by atoms with van der Waals surface area (Å²) in [6.45, 7) is 8.26. The molecule has 2 saturated heterocycles. The molecule has 116 valence electrons. The van der Waals surface area contributed by atoms with Crippen LogP contribution in [0.3, 0.4) is 0 Å². The molecule has 2 aliphatic rings. The summed E-state index contributed by atoms with van der Waals surface area (Å²) in [4.78, 5) is 4.84. The van der Waals surface area contributed by atoms with E-state index in [-0.39, 0.29) is 6.04 Å². The van der Waals surface area contributed by atoms with E-state index in [2.05, 4.69) is 15.1 Å². The van der Waals surface area contributed by atoms with Gasteiger partial charge in [0.15, 0.2) is 0 Å². The Labute approximate surface area is 124 Å². The lowest BCUT2D eigenvalue weighted by Crippen LogP contribution is -2.49. The second-order valence-electron chi connectivity index (χ2n) is 6.07. The third-order valence-electron chi connectivity index (χ3n) is 4.82. The first-order valence-corrected chi connectivity index (χ1v) is 7.79. The predicted octanol–water partition coefficient (Wildman–Crippen LogP) is 2.01. The average molecular weight is 295 g/mol. The molecule has 3 rings (SSSR count). The third kappa shape index (κ3) is 3.25. The van der Waals surface area contributed by atoms with Crippen LogP contribution in [0.1, 0.15) is 24.9 Å². The minimum atomic E-state index is -0.511. The largest absolute Gasteiger partial charge is 0.314 e. The van der Waals surface area contributed by atoms with Crippen molar-refractivity contribution < 1.29 is 8.78 Å². The first-order chi connectivity index (χ1) is 10.1. The van der Waals surface area contributed by atoms with Crippen molar-refractivity contribution in [2.45, 2.75) is 25.4 Å². The molecule has 2 heterocycles. The molecule has 2 unspecified atom stereocenters. The number of rotatable bonds is 3. The smallest absolute Gasteiger partial charge is 0.130 e. The molecule has 0 amide bonds. The van der Waals surface area contributed by atoms with Crippen LogP contribution in [-0.2, 0) is 0 Å². The second kappa shape index (κ2) is 6.38. The van der Waals surface area contributed by atoms with Crippen LogP contribution in [0.2, 0.25) is 0 Å². The fraction of sp³-hybridized carbons (Fsp3) is 0.625. The normalized spacial score (nSPS) is 26.1. The molecule has 1 aromatic rings. The summed E-state index contributed by atoms with van der Waals surface area (Å²) in [6.07, 6.45) is 1.13. The first-order valence-electron chi connectivity index (χ1n) is 7.79. The van der Waals surface area contributed by atoms with Gasteiger partial charge in [-0.1, -0.05) is 6.07 Å². The van der Waals surface area contributed by atoms with E-state index in [4.69, 9.17) is 0 Å². The Balaban J connectivity index is 1.64. The van der Waals surface area contributed by atoms with Crippen molar-refractivity contribution in [1.82, 2.24) is 15.1 Å². The Morgan fingerprint density at radius 2 is 1.95 bits per heavy atom. The van der Waals surface area contributed by atoms with Crippen molar-refractivity contribution in [1.29, 1.82) is 0 Å². The molecule has 0 bridgehead atoms. The van der Waals surface area contributed by atoms with Gasteiger partial charge in [-0.05, 0) is 19.4 Å². The lowest BCUT2D eigenvalue weighted by atomic mass is 10.1. The summed E-state index contributed by atoms with van der Waals surface area (Å²) < 4.78 is 26.9. The van der Waals surface area contributed by atoms with Crippen molar-refractivity contribution in [3.8, 4) is 0 Å². The summed E-state index contributed by atoms with van der Waals surface area (Å²) in [5, 5.41) is 3.37. The van der Waals surface area contributed by atoms with Crippen LogP contribution in [0.5, 0.6) is 0 Å². The van der Waals surface area contributed by atoms with Gasteiger partial charge in [0.25, 0.3) is 0 Å². The van der Waals surface area contributed by atoms with Crippen LogP contribution in [0.15, 0.2) is 18.2 Å². The fourth-order valence-electron chi connectivity index (χ4n) is 3.50. The maximum Gasteiger partial charge on any atom is 0.130 e. The minimum absolute atomic E-state index is 0.00137. The van der Waals surface area contributed by atoms with E-state index in [0.29, 0.717) is 11.6 Å². The summed E-state index contributed by atoms with van der Waals surface area (Å²) >= 11 is 0. The topological polar surface area (TPSA) is 18.5 Å². The van der Waals surface area contributed by atoms with Gasteiger partial charge < -0.3 is 5.32 Å². The molecular weight excluding hydrogens is 272 g/mol. The Kier molecular flexibility index (Phi) is 4.52. The van der Waals surface area contributed by atoms with Gasteiger partial charge in [-0.15, -0.1) is 0 Å². The van der Waals surface area contributed by atoms with Crippen molar-refractivity contribution in [2.75, 3.05) is 39.3 Å². The highest BCUT2D eigenvalue weighted by atomic mass is 19.1. The number of hydrogen-bond donors (Lipinski definition) is 1. The van der Waals surface area contributed by atoms with Crippen LogP contribution in [0.25, 0.3) is 0 Å². The maximum absolute atomic E-state index is 13.9. The molecule has 0 saturated carbocycles. The van der Waals surface area contributed by atoms with E-state index in [0.717, 1.165) is 51.8 Å². The summed E-state index contributed by atoms with van der Waals surface area (Å²) in [5.41, 5.74) is 0.595. The minimum Gasteiger partial charge on any atom is -0.314 e. The lowest BCUT2D eigenvalue weighted by molar-refractivity contribution is 0.162. The highest BCUT2D eigenvalue weighted by Crippen LogP contribution is 2.28. The van der Waals surface area contributed by atoms with Crippen LogP contribution < -0.4 is 5.32 Å². The van der Waals surface area contributed by atoms with E-state index in [1.165, 1.54) is 6.07 Å². The SMILES string of the molecule is CC(c1ccc(F)cc1F)N1CCC(N2CCNCC2)C1. The van der Waals surface area contributed by atoms with Crippen molar-refractivity contribution in [2.24, 2.45) is 0 Å². The van der Waals surface area contributed by atoms with E-state index >= 15 is 0 Å². The van der Waals surface area contributed by atoms with Gasteiger partial charge in [-0.2, -0.15) is 0 Å². The van der Waals surface area contributed by atoms with Crippen molar-refractivity contribution >= 4 is 0 Å². The molecule has 3 nitrogen and oxygen atoms in total. The molecule has 0 radical (unpaired) electrons. The number of benzene rings is 1. The maximum atomic E-state index is 13.9. The molecule has 2 atom stereocenters. The van der Waals surface area contributed by atoms with Crippen LogP contribution in [-0.4, -0.2) is 55.1 Å². The second-order valence-corrected chi connectivity index (χ2v) is 6.07. The van der Waals surface area contributed by atoms with Crippen molar-refractivity contribution in [3.05, 3.63) is 35.4 Å². The molecule has 0 spiro atoms. The first kappa shape index (κ1) is 14.9. The van der Waals surface area contributed by atoms with Gasteiger partial charge in [-0.3, -0.25) is 9.80 Å². The summed E-state index contributed by atoms with van der Waals surface area (Å²) in [5.74, 6) is -0.948. The molecule has 1 aromatic carbocycles. The van der Waals surface area contributed by atoms with E-state index < -0.39 is 11.6 Å². The average Bonchev–Trinajstić information content (AvgIpc) is 2.97. The Morgan fingerprint density at radius 3 is 2.67 bits per heavy atom. The third-order valence-corrected chi connectivity index (χ3v) is 4.82. The van der Waals surface area contributed by atoms with Gasteiger partial charge in [0.1, 0.15) is 11.6 Å². The summed E-state index contributed by atoms with van der Waals surface area (Å²) in [7, 11) is 0. The van der Waals surface area contributed by atoms with E-state index in [1.54, 1.807) is 6.07 Å². The Hall–Kier alpha value is -1.04. The highest BCUT2D eigenvalue weighted by Gasteiger charge is 2.31. The fourth-order valence-corrected chi connectivity index (χ4v) is 3.50. The zero-order valence-electron chi connectivity index (χ0n) is 12.5. The summed E-state index contributed by atoms with van der Waals surface area (Å²) in [6, 6.07) is 4.47.